The van der Waals surface area contributed by atoms with Crippen LogP contribution in [0, 0.1) is 6.92 Å². The van der Waals surface area contributed by atoms with Crippen molar-refractivity contribution in [2.24, 2.45) is 5.73 Å². The predicted molar refractivity (Wildman–Crippen MR) is 68.3 cm³/mol. The Morgan fingerprint density at radius 1 is 0.938 bits per heavy atom. The van der Waals surface area contributed by atoms with Gasteiger partial charge in [-0.25, -0.2) is 0 Å². The van der Waals surface area contributed by atoms with Gasteiger partial charge >= 0.3 is 0 Å². The Morgan fingerprint density at radius 3 is 2.19 bits per heavy atom. The number of hydrogen-bond donors (Lipinski definition) is 1. The Bertz CT molecular complexity index is 431. The van der Waals surface area contributed by atoms with Crippen LogP contribution < -0.4 is 5.73 Å². The highest BCUT2D eigenvalue weighted by atomic mass is 14.6. The summed E-state index contributed by atoms with van der Waals surface area (Å²) in [5, 5.41) is 0. The van der Waals surface area contributed by atoms with Gasteiger partial charge in [0, 0.05) is 6.04 Å². The smallest absolute Gasteiger partial charge is 0.0335 e. The molecule has 0 heterocycles. The van der Waals surface area contributed by atoms with Crippen molar-refractivity contribution < 1.29 is 0 Å². The van der Waals surface area contributed by atoms with Gasteiger partial charge < -0.3 is 5.73 Å². The van der Waals surface area contributed by atoms with E-state index in [0.717, 1.165) is 6.42 Å². The molecule has 2 aromatic carbocycles. The summed E-state index contributed by atoms with van der Waals surface area (Å²) in [5.41, 5.74) is 9.94. The highest BCUT2D eigenvalue weighted by Crippen LogP contribution is 2.15. The molecule has 1 unspecified atom stereocenters. The van der Waals surface area contributed by atoms with Crippen LogP contribution in [-0.2, 0) is 6.42 Å². The van der Waals surface area contributed by atoms with Crippen LogP contribution in [0.1, 0.15) is 22.7 Å². The average molecular weight is 211 g/mol. The third-order valence-electron chi connectivity index (χ3n) is 2.80. The molecule has 16 heavy (non-hydrogen) atoms. The van der Waals surface area contributed by atoms with Crippen LogP contribution in [0.15, 0.2) is 54.6 Å². The fourth-order valence-electron chi connectivity index (χ4n) is 1.80. The first kappa shape index (κ1) is 10.9. The molecular formula is C15H17N. The minimum atomic E-state index is 0.0870. The Morgan fingerprint density at radius 2 is 1.56 bits per heavy atom. The maximum Gasteiger partial charge on any atom is 0.0335 e. The molecule has 0 spiro atoms. The van der Waals surface area contributed by atoms with Gasteiger partial charge in [0.05, 0.1) is 0 Å². The summed E-state index contributed by atoms with van der Waals surface area (Å²) in [6, 6.07) is 18.9. The van der Waals surface area contributed by atoms with Gasteiger partial charge in [-0.15, -0.1) is 0 Å². The third kappa shape index (κ3) is 2.71. The fourth-order valence-corrected chi connectivity index (χ4v) is 1.80. The van der Waals surface area contributed by atoms with Crippen molar-refractivity contribution in [1.29, 1.82) is 0 Å². The van der Waals surface area contributed by atoms with Gasteiger partial charge in [-0.2, -0.15) is 0 Å². The van der Waals surface area contributed by atoms with Crippen molar-refractivity contribution in [3.8, 4) is 0 Å². The normalized spacial score (nSPS) is 12.4. The summed E-state index contributed by atoms with van der Waals surface area (Å²) in [4.78, 5) is 0. The second kappa shape index (κ2) is 4.95. The molecule has 0 saturated carbocycles. The van der Waals surface area contributed by atoms with Crippen molar-refractivity contribution in [3.05, 3.63) is 71.3 Å². The summed E-state index contributed by atoms with van der Waals surface area (Å²) in [6.45, 7) is 2.10. The Labute approximate surface area is 96.9 Å². The average Bonchev–Trinajstić information content (AvgIpc) is 2.33. The van der Waals surface area contributed by atoms with Crippen LogP contribution in [0.2, 0.25) is 0 Å². The summed E-state index contributed by atoms with van der Waals surface area (Å²) >= 11 is 0. The van der Waals surface area contributed by atoms with Gasteiger partial charge in [-0.05, 0) is 24.5 Å². The Hall–Kier alpha value is -1.60. The van der Waals surface area contributed by atoms with E-state index in [1.807, 2.05) is 18.2 Å². The quantitative estimate of drug-likeness (QED) is 0.828. The number of aryl methyl sites for hydroxylation is 1. The number of nitrogens with two attached hydrogens (primary N) is 1. The molecule has 0 saturated heterocycles. The van der Waals surface area contributed by atoms with Crippen LogP contribution in [0.3, 0.4) is 0 Å². The second-order valence-electron chi connectivity index (χ2n) is 4.21. The largest absolute Gasteiger partial charge is 0.324 e. The van der Waals surface area contributed by atoms with Crippen LogP contribution >= 0.6 is 0 Å². The lowest BCUT2D eigenvalue weighted by atomic mass is 9.99. The summed E-state index contributed by atoms with van der Waals surface area (Å²) < 4.78 is 0. The molecule has 0 aliphatic rings. The van der Waals surface area contributed by atoms with Crippen molar-refractivity contribution in [3.63, 3.8) is 0 Å². The molecule has 1 nitrogen and oxygen atoms in total. The van der Waals surface area contributed by atoms with Gasteiger partial charge in [0.25, 0.3) is 0 Å². The van der Waals surface area contributed by atoms with E-state index in [1.54, 1.807) is 0 Å². The molecule has 0 aliphatic carbocycles. The summed E-state index contributed by atoms with van der Waals surface area (Å²) in [6.07, 6.45) is 0.893. The lowest BCUT2D eigenvalue weighted by Crippen LogP contribution is -2.13. The van der Waals surface area contributed by atoms with Gasteiger partial charge in [0.15, 0.2) is 0 Å². The summed E-state index contributed by atoms with van der Waals surface area (Å²) in [5.74, 6) is 0. The highest BCUT2D eigenvalue weighted by Gasteiger charge is 2.05. The molecule has 1 atom stereocenters. The Balaban J connectivity index is 2.08. The zero-order chi connectivity index (χ0) is 11.4. The molecular weight excluding hydrogens is 194 g/mol. The standard InChI is InChI=1S/C15H17N/c1-12-7-9-13(10-8-12)11-15(16)14-5-3-2-4-6-14/h2-10,15H,11,16H2,1H3. The highest BCUT2D eigenvalue weighted by molar-refractivity contribution is 5.25. The van der Waals surface area contributed by atoms with Crippen LogP contribution in [0.25, 0.3) is 0 Å². The lowest BCUT2D eigenvalue weighted by molar-refractivity contribution is 0.722. The molecule has 0 fully saturated rings. The number of rotatable bonds is 3. The predicted octanol–water partition coefficient (Wildman–Crippen LogP) is 3.24. The molecule has 1 heteroatoms. The molecule has 0 amide bonds. The lowest BCUT2D eigenvalue weighted by Gasteiger charge is -2.12. The van der Waals surface area contributed by atoms with Crippen molar-refractivity contribution in [2.45, 2.75) is 19.4 Å². The van der Waals surface area contributed by atoms with E-state index in [2.05, 4.69) is 43.3 Å². The molecule has 0 aromatic heterocycles. The van der Waals surface area contributed by atoms with Gasteiger partial charge in [0.1, 0.15) is 0 Å². The minimum Gasteiger partial charge on any atom is -0.324 e. The van der Waals surface area contributed by atoms with Crippen LogP contribution in [-0.4, -0.2) is 0 Å². The zero-order valence-corrected chi connectivity index (χ0v) is 9.56. The maximum absolute atomic E-state index is 6.17. The topological polar surface area (TPSA) is 26.0 Å². The van der Waals surface area contributed by atoms with E-state index in [1.165, 1.54) is 16.7 Å². The van der Waals surface area contributed by atoms with E-state index in [0.29, 0.717) is 0 Å². The van der Waals surface area contributed by atoms with E-state index in [4.69, 9.17) is 5.73 Å². The molecule has 82 valence electrons. The van der Waals surface area contributed by atoms with E-state index < -0.39 is 0 Å². The number of hydrogen-bond acceptors (Lipinski definition) is 1. The molecule has 0 radical (unpaired) electrons. The number of benzene rings is 2. The van der Waals surface area contributed by atoms with Gasteiger partial charge in [-0.3, -0.25) is 0 Å². The van der Waals surface area contributed by atoms with Gasteiger partial charge in [-0.1, -0.05) is 60.2 Å². The summed E-state index contributed by atoms with van der Waals surface area (Å²) in [7, 11) is 0. The third-order valence-corrected chi connectivity index (χ3v) is 2.80. The van der Waals surface area contributed by atoms with Crippen LogP contribution in [0.5, 0.6) is 0 Å². The van der Waals surface area contributed by atoms with E-state index in [-0.39, 0.29) is 6.04 Å². The van der Waals surface area contributed by atoms with E-state index >= 15 is 0 Å². The molecule has 0 aliphatic heterocycles. The first-order chi connectivity index (χ1) is 7.75. The van der Waals surface area contributed by atoms with Crippen molar-refractivity contribution in [2.75, 3.05) is 0 Å². The minimum absolute atomic E-state index is 0.0870. The SMILES string of the molecule is Cc1ccc(CC(N)c2ccccc2)cc1. The van der Waals surface area contributed by atoms with Gasteiger partial charge in [0.2, 0.25) is 0 Å². The molecule has 0 bridgehead atoms. The first-order valence-electron chi connectivity index (χ1n) is 5.62. The molecule has 2 aromatic rings. The van der Waals surface area contributed by atoms with Crippen molar-refractivity contribution in [1.82, 2.24) is 0 Å². The zero-order valence-electron chi connectivity index (χ0n) is 9.56. The molecule has 2 rings (SSSR count). The Kier molecular flexibility index (Phi) is 3.37. The first-order valence-corrected chi connectivity index (χ1v) is 5.62. The van der Waals surface area contributed by atoms with E-state index in [9.17, 15) is 0 Å². The second-order valence-corrected chi connectivity index (χ2v) is 4.21. The fraction of sp³-hybridized carbons (Fsp3) is 0.200. The maximum atomic E-state index is 6.17. The molecule has 2 N–H and O–H groups in total. The van der Waals surface area contributed by atoms with Crippen LogP contribution in [0.4, 0.5) is 0 Å². The monoisotopic (exact) mass is 211 g/mol. The van der Waals surface area contributed by atoms with Crippen molar-refractivity contribution >= 4 is 0 Å².